The van der Waals surface area contributed by atoms with Gasteiger partial charge in [-0.3, -0.25) is 9.59 Å². The summed E-state index contributed by atoms with van der Waals surface area (Å²) in [7, 11) is 0. The minimum Gasteiger partial charge on any atom is -0.455 e. The van der Waals surface area contributed by atoms with Gasteiger partial charge in [0.2, 0.25) is 0 Å². The van der Waals surface area contributed by atoms with E-state index in [1.807, 2.05) is 0 Å². The lowest BCUT2D eigenvalue weighted by molar-refractivity contribution is -0.174. The molecule has 1 aliphatic carbocycles. The first-order chi connectivity index (χ1) is 12.9. The lowest BCUT2D eigenvalue weighted by atomic mass is 9.87. The lowest BCUT2D eigenvalue weighted by Gasteiger charge is -2.32. The van der Waals surface area contributed by atoms with Crippen molar-refractivity contribution in [3.05, 3.63) is 12.2 Å². The van der Waals surface area contributed by atoms with Crippen LogP contribution in [-0.4, -0.2) is 39.8 Å². The van der Waals surface area contributed by atoms with Crippen LogP contribution in [0.1, 0.15) is 97.3 Å². The summed E-state index contributed by atoms with van der Waals surface area (Å²) < 4.78 is 4.97. The van der Waals surface area contributed by atoms with Crippen molar-refractivity contribution in [3.8, 4) is 0 Å². The molecule has 0 aromatic carbocycles. The van der Waals surface area contributed by atoms with Crippen LogP contribution in [0.2, 0.25) is 0 Å². The van der Waals surface area contributed by atoms with E-state index in [0.717, 1.165) is 19.3 Å². The van der Waals surface area contributed by atoms with Crippen molar-refractivity contribution in [2.75, 3.05) is 0 Å². The average Bonchev–Trinajstić information content (AvgIpc) is 2.91. The summed E-state index contributed by atoms with van der Waals surface area (Å²) in [6.45, 7) is 3.45. The van der Waals surface area contributed by atoms with Gasteiger partial charge in [-0.1, -0.05) is 84.0 Å². The fourth-order valence-corrected chi connectivity index (χ4v) is 3.66. The molecule has 0 saturated heterocycles. The molecule has 0 amide bonds. The second-order valence-corrected chi connectivity index (χ2v) is 7.77. The van der Waals surface area contributed by atoms with Crippen LogP contribution in [-0.2, 0) is 14.3 Å². The number of carbonyl (C=O) groups is 2. The molecule has 0 bridgehead atoms. The molecule has 0 aromatic heterocycles. The number of aliphatic hydroxyl groups is 2. The molecular formula is C22H38O5. The normalized spacial score (nSPS) is 23.0. The van der Waals surface area contributed by atoms with Crippen molar-refractivity contribution in [2.24, 2.45) is 0 Å². The highest BCUT2D eigenvalue weighted by molar-refractivity contribution is 6.01. The molecule has 0 heterocycles. The molecule has 0 spiro atoms. The fourth-order valence-electron chi connectivity index (χ4n) is 3.66. The molecule has 0 saturated carbocycles. The van der Waals surface area contributed by atoms with Crippen LogP contribution >= 0.6 is 0 Å². The number of aliphatic hydroxyl groups excluding tert-OH is 1. The van der Waals surface area contributed by atoms with E-state index in [0.29, 0.717) is 6.42 Å². The van der Waals surface area contributed by atoms with Crippen LogP contribution in [0.4, 0.5) is 0 Å². The van der Waals surface area contributed by atoms with Crippen LogP contribution in [0, 0.1) is 0 Å². The van der Waals surface area contributed by atoms with Crippen LogP contribution in [0.15, 0.2) is 12.2 Å². The molecule has 3 atom stereocenters. The molecule has 5 heteroatoms. The Balaban J connectivity index is 2.12. The number of ether oxygens (including phenoxy) is 1. The van der Waals surface area contributed by atoms with Crippen molar-refractivity contribution < 1.29 is 24.5 Å². The predicted molar refractivity (Wildman–Crippen MR) is 106 cm³/mol. The molecule has 1 unspecified atom stereocenters. The Morgan fingerprint density at radius 1 is 1.04 bits per heavy atom. The van der Waals surface area contributed by atoms with Crippen molar-refractivity contribution in [1.82, 2.24) is 0 Å². The van der Waals surface area contributed by atoms with Crippen molar-refractivity contribution in [3.63, 3.8) is 0 Å². The largest absolute Gasteiger partial charge is 0.455 e. The van der Waals surface area contributed by atoms with Gasteiger partial charge in [-0.25, -0.2) is 0 Å². The van der Waals surface area contributed by atoms with Crippen LogP contribution in [0.3, 0.4) is 0 Å². The third-order valence-corrected chi connectivity index (χ3v) is 5.38. The Kier molecular flexibility index (Phi) is 11.5. The molecule has 2 N–H and O–H groups in total. The minimum atomic E-state index is -2.04. The van der Waals surface area contributed by atoms with E-state index in [9.17, 15) is 19.8 Å². The second-order valence-electron chi connectivity index (χ2n) is 7.77. The van der Waals surface area contributed by atoms with E-state index in [4.69, 9.17) is 4.74 Å². The smallest absolute Gasteiger partial charge is 0.303 e. The summed E-state index contributed by atoms with van der Waals surface area (Å²) in [4.78, 5) is 23.1. The predicted octanol–water partition coefficient (Wildman–Crippen LogP) is 4.24. The van der Waals surface area contributed by atoms with Gasteiger partial charge < -0.3 is 14.9 Å². The van der Waals surface area contributed by atoms with Gasteiger partial charge in [0.05, 0.1) is 6.10 Å². The quantitative estimate of drug-likeness (QED) is 0.327. The summed E-state index contributed by atoms with van der Waals surface area (Å²) >= 11 is 0. The van der Waals surface area contributed by atoms with E-state index < -0.39 is 29.6 Å². The van der Waals surface area contributed by atoms with Crippen LogP contribution < -0.4 is 0 Å². The zero-order valence-corrected chi connectivity index (χ0v) is 17.1. The zero-order valence-electron chi connectivity index (χ0n) is 17.1. The first-order valence-electron chi connectivity index (χ1n) is 10.7. The summed E-state index contributed by atoms with van der Waals surface area (Å²) in [5.41, 5.74) is -2.04. The van der Waals surface area contributed by atoms with Gasteiger partial charge in [-0.05, 0) is 18.6 Å². The summed E-state index contributed by atoms with van der Waals surface area (Å²) in [6.07, 6.45) is 15.1. The number of rotatable bonds is 15. The van der Waals surface area contributed by atoms with E-state index in [1.54, 1.807) is 0 Å². The maximum absolute atomic E-state index is 12.0. The molecule has 27 heavy (non-hydrogen) atoms. The van der Waals surface area contributed by atoms with E-state index >= 15 is 0 Å². The highest BCUT2D eigenvalue weighted by Crippen LogP contribution is 2.30. The first kappa shape index (κ1) is 23.8. The van der Waals surface area contributed by atoms with Crippen molar-refractivity contribution in [1.29, 1.82) is 0 Å². The molecule has 156 valence electrons. The first-order valence-corrected chi connectivity index (χ1v) is 10.7. The number of hydrogen-bond donors (Lipinski definition) is 2. The molecule has 0 aromatic rings. The van der Waals surface area contributed by atoms with E-state index in [1.165, 1.54) is 76.9 Å². The molecule has 0 aliphatic heterocycles. The minimum absolute atomic E-state index is 0.319. The highest BCUT2D eigenvalue weighted by atomic mass is 16.6. The standard InChI is InChI=1S/C22H38O5/c1-3-4-5-6-7-8-9-10-11-12-13-14-15-19(24)22(26)20(25)16-17-21(22)27-18(2)23/h16-17,19,21,24,26H,3-15H2,1-2H3/t19?,21-,22-/m0/s1. The van der Waals surface area contributed by atoms with Gasteiger partial charge >= 0.3 is 5.97 Å². The SMILES string of the molecule is CCCCCCCCCCCCCCC(O)[C@]1(O)C(=O)C=C[C@@H]1OC(C)=O. The average molecular weight is 383 g/mol. The Bertz CT molecular complexity index is 473. The maximum atomic E-state index is 12.0. The van der Waals surface area contributed by atoms with Gasteiger partial charge in [0.15, 0.2) is 17.5 Å². The molecule has 5 nitrogen and oxygen atoms in total. The molecule has 1 rings (SSSR count). The number of ketones is 1. The second kappa shape index (κ2) is 13.1. The third kappa shape index (κ3) is 8.14. The molecular weight excluding hydrogens is 344 g/mol. The van der Waals surface area contributed by atoms with Gasteiger partial charge in [0, 0.05) is 6.92 Å². The van der Waals surface area contributed by atoms with Crippen LogP contribution in [0.25, 0.3) is 0 Å². The van der Waals surface area contributed by atoms with E-state index in [-0.39, 0.29) is 0 Å². The Morgan fingerprint density at radius 3 is 2.00 bits per heavy atom. The van der Waals surface area contributed by atoms with Gasteiger partial charge in [0.1, 0.15) is 0 Å². The van der Waals surface area contributed by atoms with Gasteiger partial charge in [-0.2, -0.15) is 0 Å². The number of carbonyl (C=O) groups excluding carboxylic acids is 2. The Hall–Kier alpha value is -1.20. The monoisotopic (exact) mass is 382 g/mol. The molecule has 0 fully saturated rings. The molecule has 1 aliphatic rings. The summed E-state index contributed by atoms with van der Waals surface area (Å²) in [6, 6.07) is 0. The Morgan fingerprint density at radius 2 is 1.52 bits per heavy atom. The highest BCUT2D eigenvalue weighted by Gasteiger charge is 2.52. The summed E-state index contributed by atoms with van der Waals surface area (Å²) in [5.74, 6) is -1.18. The van der Waals surface area contributed by atoms with Gasteiger partial charge in [-0.15, -0.1) is 0 Å². The van der Waals surface area contributed by atoms with E-state index in [2.05, 4.69) is 6.92 Å². The topological polar surface area (TPSA) is 83.8 Å². The zero-order chi connectivity index (χ0) is 20.1. The number of unbranched alkanes of at least 4 members (excludes halogenated alkanes) is 11. The molecule has 0 radical (unpaired) electrons. The summed E-state index contributed by atoms with van der Waals surface area (Å²) in [5, 5.41) is 20.9. The lowest BCUT2D eigenvalue weighted by Crippen LogP contribution is -2.55. The van der Waals surface area contributed by atoms with Crippen molar-refractivity contribution in [2.45, 2.75) is 115 Å². The van der Waals surface area contributed by atoms with Crippen molar-refractivity contribution >= 4 is 11.8 Å². The Labute approximate surface area is 164 Å². The fraction of sp³-hybridized carbons (Fsp3) is 0.818. The van der Waals surface area contributed by atoms with Crippen LogP contribution in [0.5, 0.6) is 0 Å². The third-order valence-electron chi connectivity index (χ3n) is 5.38. The maximum Gasteiger partial charge on any atom is 0.303 e. The number of hydrogen-bond acceptors (Lipinski definition) is 5. The number of esters is 1. The van der Waals surface area contributed by atoms with Gasteiger partial charge in [0.25, 0.3) is 0 Å².